The number of para-hydroxylation sites is 2. The summed E-state index contributed by atoms with van der Waals surface area (Å²) in [4.78, 5) is 11.1. The van der Waals surface area contributed by atoms with Crippen LogP contribution in [0.25, 0.3) is 81.3 Å². The van der Waals surface area contributed by atoms with E-state index in [-0.39, 0.29) is 0 Å². The molecule has 0 unspecified atom stereocenters. The number of aromatic nitrogens is 3. The van der Waals surface area contributed by atoms with Crippen LogP contribution >= 0.6 is 11.3 Å². The van der Waals surface area contributed by atoms with Crippen LogP contribution in [0.3, 0.4) is 0 Å². The molecule has 0 aliphatic carbocycles. The van der Waals surface area contributed by atoms with Crippen LogP contribution in [0, 0.1) is 0 Å². The van der Waals surface area contributed by atoms with E-state index in [1.165, 1.54) is 51.7 Å². The van der Waals surface area contributed by atoms with Crippen molar-refractivity contribution >= 4 is 104 Å². The van der Waals surface area contributed by atoms with Crippen molar-refractivity contribution in [3.05, 3.63) is 200 Å². The third-order valence-electron chi connectivity index (χ3n) is 11.8. The summed E-state index contributed by atoms with van der Waals surface area (Å²) in [5.74, 6) is 0.615. The maximum atomic E-state index is 6.95. The average molecular weight is 776 g/mol. The van der Waals surface area contributed by atoms with Crippen LogP contribution in [0.4, 0.5) is 0 Å². The molecule has 0 aliphatic heterocycles. The van der Waals surface area contributed by atoms with Gasteiger partial charge in [0.05, 0.1) is 16.4 Å². The summed E-state index contributed by atoms with van der Waals surface area (Å²) in [6.07, 6.45) is 0. The maximum Gasteiger partial charge on any atom is 0.236 e. The number of fused-ring (bicyclic) bond motifs is 10. The van der Waals surface area contributed by atoms with Crippen LogP contribution in [0.5, 0.6) is 0 Å². The zero-order valence-electron chi connectivity index (χ0n) is 31.2. The van der Waals surface area contributed by atoms with Crippen LogP contribution in [0.15, 0.2) is 205 Å². The second-order valence-corrected chi connectivity index (χ2v) is 19.7. The molecule has 6 heteroatoms. The molecule has 272 valence electrons. The van der Waals surface area contributed by atoms with Gasteiger partial charge in [0.2, 0.25) is 5.95 Å². The largest absolute Gasteiger partial charge is 0.452 e. The summed E-state index contributed by atoms with van der Waals surface area (Å²) in [7, 11) is -2.84. The van der Waals surface area contributed by atoms with Crippen molar-refractivity contribution in [2.75, 3.05) is 0 Å². The van der Waals surface area contributed by atoms with E-state index in [1.807, 2.05) is 0 Å². The third-order valence-corrected chi connectivity index (χ3v) is 17.8. The topological polar surface area (TPSA) is 43.9 Å². The molecule has 0 saturated carbocycles. The van der Waals surface area contributed by atoms with Gasteiger partial charge in [-0.15, -0.1) is 11.3 Å². The van der Waals surface area contributed by atoms with E-state index in [4.69, 9.17) is 14.4 Å². The summed E-state index contributed by atoms with van der Waals surface area (Å²) in [5, 5.41) is 11.0. The lowest BCUT2D eigenvalue weighted by atomic mass is 10.1. The molecule has 4 heterocycles. The molecule has 0 bridgehead atoms. The molecule has 0 amide bonds. The van der Waals surface area contributed by atoms with E-state index in [9.17, 15) is 0 Å². The molecule has 0 aliphatic rings. The first-order valence-corrected chi connectivity index (χ1v) is 22.4. The fraction of sp³-hybridized carbons (Fsp3) is 0. The third kappa shape index (κ3) is 4.79. The van der Waals surface area contributed by atoms with Gasteiger partial charge in [0, 0.05) is 36.5 Å². The molecule has 0 atom stereocenters. The summed E-state index contributed by atoms with van der Waals surface area (Å²) in [6.45, 7) is 0. The number of hydrogen-bond acceptors (Lipinski definition) is 4. The number of benzene rings is 8. The summed E-state index contributed by atoms with van der Waals surface area (Å²) in [5.41, 5.74) is 6.19. The Morgan fingerprint density at radius 2 is 1.02 bits per heavy atom. The molecule has 0 radical (unpaired) electrons. The van der Waals surface area contributed by atoms with Gasteiger partial charge in [-0.3, -0.25) is 4.57 Å². The van der Waals surface area contributed by atoms with Crippen molar-refractivity contribution in [3.63, 3.8) is 0 Å². The molecule has 8 aromatic carbocycles. The first kappa shape index (κ1) is 33.1. The Labute approximate surface area is 338 Å². The van der Waals surface area contributed by atoms with Gasteiger partial charge in [-0.2, -0.15) is 0 Å². The van der Waals surface area contributed by atoms with E-state index < -0.39 is 8.07 Å². The Morgan fingerprint density at radius 3 is 1.66 bits per heavy atom. The van der Waals surface area contributed by atoms with Crippen molar-refractivity contribution in [1.29, 1.82) is 0 Å². The van der Waals surface area contributed by atoms with E-state index in [2.05, 4.69) is 205 Å². The second kappa shape index (κ2) is 13.0. The van der Waals surface area contributed by atoms with Crippen LogP contribution in [-0.4, -0.2) is 22.6 Å². The van der Waals surface area contributed by atoms with Crippen molar-refractivity contribution in [3.8, 4) is 17.2 Å². The molecule has 4 aromatic heterocycles. The van der Waals surface area contributed by atoms with Crippen LogP contribution in [0.2, 0.25) is 0 Å². The Balaban J connectivity index is 1.20. The Kier molecular flexibility index (Phi) is 7.39. The monoisotopic (exact) mass is 775 g/mol. The Hall–Kier alpha value is -7.12. The van der Waals surface area contributed by atoms with E-state index in [0.717, 1.165) is 38.8 Å². The normalized spacial score (nSPS) is 12.1. The van der Waals surface area contributed by atoms with Gasteiger partial charge < -0.3 is 4.42 Å². The second-order valence-electron chi connectivity index (χ2n) is 14.9. The number of rotatable bonds is 6. The van der Waals surface area contributed by atoms with Crippen LogP contribution < -0.4 is 20.7 Å². The van der Waals surface area contributed by atoms with Crippen LogP contribution in [-0.2, 0) is 0 Å². The van der Waals surface area contributed by atoms with E-state index >= 15 is 0 Å². The van der Waals surface area contributed by atoms with Crippen molar-refractivity contribution in [2.45, 2.75) is 0 Å². The number of furan rings is 1. The summed E-state index contributed by atoms with van der Waals surface area (Å²) >= 11 is 1.80. The van der Waals surface area contributed by atoms with E-state index in [0.29, 0.717) is 11.5 Å². The summed E-state index contributed by atoms with van der Waals surface area (Å²) < 4.78 is 11.6. The maximum absolute atomic E-state index is 6.95. The minimum absolute atomic E-state index is 0.615. The van der Waals surface area contributed by atoms with Gasteiger partial charge in [-0.1, -0.05) is 170 Å². The lowest BCUT2D eigenvalue weighted by Crippen LogP contribution is -2.74. The SMILES string of the molecule is c1ccc([Si](c2ccccc2)(c2ccccc2)c2cccc(-c3nc(-n4c5ccccc5c5ccccc54)nc4c3oc3ccc5c6ccccc6sc5c34)c2)cc1. The fourth-order valence-electron chi connectivity index (χ4n) is 9.29. The molecule has 58 heavy (non-hydrogen) atoms. The standard InChI is InChI=1S/C52H33N3OSSi/c1-4-18-35(19-5-1)58(36-20-6-2-7-21-36,37-22-8-3-9-23-37)38-24-16-17-34(33-38)48-50-49(47-45(56-50)32-31-42-41-27-12-15-30-46(41)57-51(42)47)54-52(53-48)55-43-28-13-10-25-39(43)40-26-11-14-29-44(40)55/h1-33H. The van der Waals surface area contributed by atoms with Gasteiger partial charge >= 0.3 is 0 Å². The molecule has 4 nitrogen and oxygen atoms in total. The molecular formula is C52H33N3OSSi. The Bertz CT molecular complexity index is 3370. The van der Waals surface area contributed by atoms with Gasteiger partial charge in [-0.25, -0.2) is 9.97 Å². The average Bonchev–Trinajstić information content (AvgIpc) is 3.97. The minimum atomic E-state index is -2.84. The molecule has 0 fully saturated rings. The van der Waals surface area contributed by atoms with Gasteiger partial charge in [0.15, 0.2) is 13.7 Å². The van der Waals surface area contributed by atoms with E-state index in [1.54, 1.807) is 11.3 Å². The first-order chi connectivity index (χ1) is 28.8. The zero-order chi connectivity index (χ0) is 38.2. The molecule has 12 rings (SSSR count). The number of nitrogens with zero attached hydrogens (tertiary/aromatic N) is 3. The lowest BCUT2D eigenvalue weighted by Gasteiger charge is -2.34. The zero-order valence-corrected chi connectivity index (χ0v) is 33.0. The van der Waals surface area contributed by atoms with Crippen molar-refractivity contribution < 1.29 is 4.42 Å². The molecule has 0 saturated heterocycles. The number of thiophene rings is 1. The minimum Gasteiger partial charge on any atom is -0.452 e. The predicted octanol–water partition coefficient (Wildman–Crippen LogP) is 10.9. The van der Waals surface area contributed by atoms with Gasteiger partial charge in [0.1, 0.15) is 16.8 Å². The molecular weight excluding hydrogens is 743 g/mol. The molecule has 0 spiro atoms. The van der Waals surface area contributed by atoms with Crippen molar-refractivity contribution in [2.24, 2.45) is 0 Å². The highest BCUT2D eigenvalue weighted by atomic mass is 32.1. The quantitative estimate of drug-likeness (QED) is 0.125. The Morgan fingerprint density at radius 1 is 0.466 bits per heavy atom. The summed E-state index contributed by atoms with van der Waals surface area (Å²) in [6, 6.07) is 72.3. The highest BCUT2D eigenvalue weighted by molar-refractivity contribution is 7.26. The number of hydrogen-bond donors (Lipinski definition) is 0. The highest BCUT2D eigenvalue weighted by Crippen LogP contribution is 2.44. The fourth-order valence-corrected chi connectivity index (χ4v) is 15.3. The van der Waals surface area contributed by atoms with Gasteiger partial charge in [0.25, 0.3) is 0 Å². The molecule has 0 N–H and O–H groups in total. The van der Waals surface area contributed by atoms with Crippen molar-refractivity contribution in [1.82, 2.24) is 14.5 Å². The highest BCUT2D eigenvalue weighted by Gasteiger charge is 2.41. The van der Waals surface area contributed by atoms with Crippen LogP contribution in [0.1, 0.15) is 0 Å². The molecule has 12 aromatic rings. The lowest BCUT2D eigenvalue weighted by molar-refractivity contribution is 0.667. The van der Waals surface area contributed by atoms with Gasteiger partial charge in [-0.05, 0) is 51.1 Å². The predicted molar refractivity (Wildman–Crippen MR) is 246 cm³/mol. The smallest absolute Gasteiger partial charge is 0.236 e. The first-order valence-electron chi connectivity index (χ1n) is 19.6.